The van der Waals surface area contributed by atoms with Crippen molar-refractivity contribution in [2.45, 2.75) is 24.7 Å². The first-order valence-electron chi connectivity index (χ1n) is 11.2. The zero-order chi connectivity index (χ0) is 25.2. The summed E-state index contributed by atoms with van der Waals surface area (Å²) in [4.78, 5) is 17.5. The highest BCUT2D eigenvalue weighted by molar-refractivity contribution is 7.89. The van der Waals surface area contributed by atoms with Crippen molar-refractivity contribution in [2.75, 3.05) is 19.4 Å². The van der Waals surface area contributed by atoms with Gasteiger partial charge in [-0.05, 0) is 49.4 Å². The lowest BCUT2D eigenvalue weighted by Gasteiger charge is -2.12. The minimum absolute atomic E-state index is 0.173. The van der Waals surface area contributed by atoms with Crippen molar-refractivity contribution in [3.63, 3.8) is 0 Å². The highest BCUT2D eigenvalue weighted by atomic mass is 32.2. The number of nitrogens with one attached hydrogen (secondary N) is 1. The fraction of sp³-hybridized carbons (Fsp3) is 0.231. The van der Waals surface area contributed by atoms with Gasteiger partial charge in [-0.2, -0.15) is 0 Å². The molecular weight excluding hydrogens is 464 g/mol. The molecule has 4 aromatic rings. The Morgan fingerprint density at radius 2 is 1.77 bits per heavy atom. The van der Waals surface area contributed by atoms with Crippen LogP contribution in [-0.4, -0.2) is 42.3 Å². The maximum atomic E-state index is 12.7. The van der Waals surface area contributed by atoms with Crippen molar-refractivity contribution in [3.8, 4) is 11.5 Å². The third-order valence-electron chi connectivity index (χ3n) is 5.71. The highest BCUT2D eigenvalue weighted by Crippen LogP contribution is 2.29. The Morgan fingerprint density at radius 1 is 1.06 bits per heavy atom. The van der Waals surface area contributed by atoms with E-state index in [0.29, 0.717) is 34.9 Å². The summed E-state index contributed by atoms with van der Waals surface area (Å²) >= 11 is 0. The van der Waals surface area contributed by atoms with Crippen LogP contribution >= 0.6 is 0 Å². The Kier molecular flexibility index (Phi) is 6.90. The molecule has 0 fully saturated rings. The summed E-state index contributed by atoms with van der Waals surface area (Å²) in [5.41, 5.74) is 3.09. The molecule has 0 bridgehead atoms. The molecule has 0 saturated carbocycles. The Labute approximate surface area is 205 Å². The molecule has 1 aromatic heterocycles. The lowest BCUT2D eigenvalue weighted by Crippen LogP contribution is -2.22. The molecular formula is C26H28N4O4S. The summed E-state index contributed by atoms with van der Waals surface area (Å²) in [6.07, 6.45) is 0.604. The first-order valence-corrected chi connectivity index (χ1v) is 12.6. The van der Waals surface area contributed by atoms with Crippen LogP contribution in [0.25, 0.3) is 11.0 Å². The van der Waals surface area contributed by atoms with Crippen LogP contribution in [0.5, 0.6) is 11.5 Å². The molecule has 0 aliphatic rings. The molecule has 0 unspecified atom stereocenters. The van der Waals surface area contributed by atoms with Crippen LogP contribution in [0.15, 0.2) is 71.6 Å². The van der Waals surface area contributed by atoms with Gasteiger partial charge in [0.05, 0.1) is 21.6 Å². The molecule has 35 heavy (non-hydrogen) atoms. The van der Waals surface area contributed by atoms with Gasteiger partial charge in [-0.1, -0.05) is 29.8 Å². The van der Waals surface area contributed by atoms with Gasteiger partial charge in [0.2, 0.25) is 15.9 Å². The van der Waals surface area contributed by atoms with E-state index in [1.165, 1.54) is 18.4 Å². The maximum absolute atomic E-state index is 12.7. The number of rotatable bonds is 8. The van der Waals surface area contributed by atoms with Crippen molar-refractivity contribution in [2.24, 2.45) is 7.05 Å². The van der Waals surface area contributed by atoms with Crippen molar-refractivity contribution >= 4 is 32.7 Å². The van der Waals surface area contributed by atoms with Gasteiger partial charge in [0.25, 0.3) is 0 Å². The molecule has 1 amide bonds. The van der Waals surface area contributed by atoms with Crippen LogP contribution in [0, 0.1) is 6.92 Å². The monoisotopic (exact) mass is 492 g/mol. The molecule has 1 N–H and O–H groups in total. The summed E-state index contributed by atoms with van der Waals surface area (Å²) in [6, 6.07) is 19.9. The Morgan fingerprint density at radius 3 is 2.49 bits per heavy atom. The average molecular weight is 493 g/mol. The van der Waals surface area contributed by atoms with E-state index in [2.05, 4.69) is 10.3 Å². The number of nitrogens with zero attached hydrogens (tertiary/aromatic N) is 3. The SMILES string of the molecule is Cc1ccc(Oc2ccccc2NC(=O)CCc2nc3cc(S(=O)(=O)N(C)C)ccc3n2C)cc1. The molecule has 8 nitrogen and oxygen atoms in total. The number of anilines is 1. The number of ether oxygens (including phenoxy) is 1. The largest absolute Gasteiger partial charge is 0.455 e. The second-order valence-electron chi connectivity index (χ2n) is 8.48. The minimum atomic E-state index is -3.55. The van der Waals surface area contributed by atoms with Gasteiger partial charge in [-0.3, -0.25) is 4.79 Å². The zero-order valence-electron chi connectivity index (χ0n) is 20.1. The number of imidazole rings is 1. The number of carbonyl (C=O) groups excluding carboxylic acids is 1. The summed E-state index contributed by atoms with van der Waals surface area (Å²) in [5, 5.41) is 2.92. The molecule has 0 aliphatic carbocycles. The molecule has 1 heterocycles. The third-order valence-corrected chi connectivity index (χ3v) is 7.52. The Bertz CT molecular complexity index is 1480. The quantitative estimate of drug-likeness (QED) is 0.391. The highest BCUT2D eigenvalue weighted by Gasteiger charge is 2.19. The lowest BCUT2D eigenvalue weighted by molar-refractivity contribution is -0.116. The number of aryl methyl sites for hydroxylation is 3. The van der Waals surface area contributed by atoms with Crippen molar-refractivity contribution in [3.05, 3.63) is 78.1 Å². The van der Waals surface area contributed by atoms with Gasteiger partial charge < -0.3 is 14.6 Å². The molecule has 182 valence electrons. The number of aromatic nitrogens is 2. The molecule has 0 radical (unpaired) electrons. The second-order valence-corrected chi connectivity index (χ2v) is 10.6. The van der Waals surface area contributed by atoms with Gasteiger partial charge in [0, 0.05) is 34.0 Å². The van der Waals surface area contributed by atoms with E-state index in [-0.39, 0.29) is 17.2 Å². The van der Waals surface area contributed by atoms with Crippen LogP contribution in [0.2, 0.25) is 0 Å². The van der Waals surface area contributed by atoms with Crippen LogP contribution in [0.1, 0.15) is 17.8 Å². The van der Waals surface area contributed by atoms with E-state index in [4.69, 9.17) is 4.74 Å². The maximum Gasteiger partial charge on any atom is 0.242 e. The topological polar surface area (TPSA) is 93.5 Å². The first kappa shape index (κ1) is 24.4. The lowest BCUT2D eigenvalue weighted by atomic mass is 10.2. The number of para-hydroxylation sites is 2. The van der Waals surface area contributed by atoms with Gasteiger partial charge in [-0.15, -0.1) is 0 Å². The fourth-order valence-corrected chi connectivity index (χ4v) is 4.58. The average Bonchev–Trinajstić information content (AvgIpc) is 3.15. The van der Waals surface area contributed by atoms with E-state index in [1.54, 1.807) is 30.3 Å². The standard InChI is InChI=1S/C26H28N4O4S/c1-18-9-11-19(12-10-18)34-24-8-6-5-7-21(24)28-26(31)16-15-25-27-22-17-20(35(32,33)29(2)3)13-14-23(22)30(25)4/h5-14,17H,15-16H2,1-4H3,(H,28,31). The zero-order valence-corrected chi connectivity index (χ0v) is 21.0. The van der Waals surface area contributed by atoms with Crippen molar-refractivity contribution < 1.29 is 17.9 Å². The molecule has 0 saturated heterocycles. The number of amides is 1. The summed E-state index contributed by atoms with van der Waals surface area (Å²) in [5.74, 6) is 1.77. The third kappa shape index (κ3) is 5.36. The van der Waals surface area contributed by atoms with E-state index < -0.39 is 10.0 Å². The molecule has 3 aromatic carbocycles. The predicted molar refractivity (Wildman–Crippen MR) is 136 cm³/mol. The molecule has 0 spiro atoms. The number of hydrogen-bond donors (Lipinski definition) is 1. The Balaban J connectivity index is 1.46. The van der Waals surface area contributed by atoms with Crippen LogP contribution in [0.3, 0.4) is 0 Å². The molecule has 9 heteroatoms. The van der Waals surface area contributed by atoms with Crippen LogP contribution in [0.4, 0.5) is 5.69 Å². The van der Waals surface area contributed by atoms with Crippen LogP contribution < -0.4 is 10.1 Å². The smallest absolute Gasteiger partial charge is 0.242 e. The van der Waals surface area contributed by atoms with E-state index in [9.17, 15) is 13.2 Å². The number of benzene rings is 3. The van der Waals surface area contributed by atoms with Gasteiger partial charge >= 0.3 is 0 Å². The van der Waals surface area contributed by atoms with Crippen LogP contribution in [-0.2, 0) is 28.3 Å². The minimum Gasteiger partial charge on any atom is -0.455 e. The predicted octanol–water partition coefficient (Wildman–Crippen LogP) is 4.50. The number of fused-ring (bicyclic) bond motifs is 1. The van der Waals surface area contributed by atoms with Crippen molar-refractivity contribution in [1.82, 2.24) is 13.9 Å². The Hall–Kier alpha value is -3.69. The van der Waals surface area contributed by atoms with E-state index >= 15 is 0 Å². The van der Waals surface area contributed by atoms with E-state index in [1.807, 2.05) is 54.9 Å². The first-order chi connectivity index (χ1) is 16.6. The second kappa shape index (κ2) is 9.89. The number of carbonyl (C=O) groups is 1. The fourth-order valence-electron chi connectivity index (χ4n) is 3.65. The number of hydrogen-bond acceptors (Lipinski definition) is 5. The molecule has 4 rings (SSSR count). The molecule has 0 aliphatic heterocycles. The van der Waals surface area contributed by atoms with E-state index in [0.717, 1.165) is 11.1 Å². The summed E-state index contributed by atoms with van der Waals surface area (Å²) in [7, 11) is 1.29. The normalized spacial score (nSPS) is 11.7. The number of sulfonamides is 1. The van der Waals surface area contributed by atoms with Gasteiger partial charge in [-0.25, -0.2) is 17.7 Å². The summed E-state index contributed by atoms with van der Waals surface area (Å²) < 4.78 is 33.9. The van der Waals surface area contributed by atoms with Crippen molar-refractivity contribution in [1.29, 1.82) is 0 Å². The molecule has 0 atom stereocenters. The van der Waals surface area contributed by atoms with Gasteiger partial charge in [0.1, 0.15) is 11.6 Å². The van der Waals surface area contributed by atoms with Gasteiger partial charge in [0.15, 0.2) is 5.75 Å². The summed E-state index contributed by atoms with van der Waals surface area (Å²) in [6.45, 7) is 2.01.